The van der Waals surface area contributed by atoms with E-state index in [0.717, 1.165) is 61.6 Å². The SMILES string of the molecule is Cc1cn(C(=O)NCCOC(=O)C(C)(C(C)(C(=O)OC2(C)CCOC(=O)C2)C(C)(C)C(=O)OC23CC4CC(CC(O)(C4)C2)C3)C(C)(C(=O)OC2(C)C3CC4CC(C3)CC2C4)C(C)(C)C(=O)OC2(C)CCCC2)nc1C. The first kappa shape index (κ1) is 55.2. The minimum Gasteiger partial charge on any atom is -0.465 e. The summed E-state index contributed by atoms with van der Waals surface area (Å²) in [7, 11) is 0. The molecule has 0 radical (unpaired) electrons. The molecular weight excluding hydrogens is 963 g/mol. The van der Waals surface area contributed by atoms with Crippen molar-refractivity contribution in [2.24, 2.45) is 62.6 Å². The molecule has 9 aliphatic carbocycles. The molecule has 17 nitrogen and oxygen atoms in total. The third-order valence-corrected chi connectivity index (χ3v) is 21.8. The zero-order chi connectivity index (χ0) is 54.7. The Kier molecular flexibility index (Phi) is 13.7. The molecule has 10 aliphatic rings. The fourth-order valence-corrected chi connectivity index (χ4v) is 16.6. The summed E-state index contributed by atoms with van der Waals surface area (Å²) in [5, 5.41) is 18.8. The van der Waals surface area contributed by atoms with E-state index in [1.807, 2.05) is 20.8 Å². The third-order valence-electron chi connectivity index (χ3n) is 21.8. The van der Waals surface area contributed by atoms with Crippen molar-refractivity contribution in [3.63, 3.8) is 0 Å². The van der Waals surface area contributed by atoms with Crippen molar-refractivity contribution in [2.45, 2.75) is 220 Å². The smallest absolute Gasteiger partial charge is 0.342 e. The quantitative estimate of drug-likeness (QED) is 0.0898. The molecule has 416 valence electrons. The topological polar surface area (TPSA) is 225 Å². The number of ether oxygens (including phenoxy) is 6. The molecule has 2 N–H and O–H groups in total. The average molecular weight is 1050 g/mol. The lowest BCUT2D eigenvalue weighted by Crippen LogP contribution is -2.73. The van der Waals surface area contributed by atoms with Crippen LogP contribution in [0.15, 0.2) is 6.20 Å². The molecule has 1 aromatic rings. The number of nitrogens with one attached hydrogen (secondary N) is 1. The van der Waals surface area contributed by atoms with Crippen LogP contribution in [-0.4, -0.2) is 104 Å². The zero-order valence-electron chi connectivity index (χ0n) is 46.8. The highest BCUT2D eigenvalue weighted by Crippen LogP contribution is 2.69. The molecule has 6 unspecified atom stereocenters. The summed E-state index contributed by atoms with van der Waals surface area (Å²) in [5.74, 6) is -4.41. The van der Waals surface area contributed by atoms with Gasteiger partial charge in [0.1, 0.15) is 29.0 Å². The van der Waals surface area contributed by atoms with E-state index < -0.39 is 104 Å². The van der Waals surface area contributed by atoms with Crippen LogP contribution in [0.25, 0.3) is 0 Å². The summed E-state index contributed by atoms with van der Waals surface area (Å²) < 4.78 is 39.7. The lowest BCUT2D eigenvalue weighted by atomic mass is 9.40. The molecule has 1 amide bonds. The van der Waals surface area contributed by atoms with Crippen LogP contribution >= 0.6 is 0 Å². The van der Waals surface area contributed by atoms with Crippen LogP contribution in [-0.2, 0) is 57.2 Å². The Morgan fingerprint density at radius 3 is 1.72 bits per heavy atom. The Morgan fingerprint density at radius 1 is 0.680 bits per heavy atom. The van der Waals surface area contributed by atoms with Crippen LogP contribution in [0.3, 0.4) is 0 Å². The van der Waals surface area contributed by atoms with E-state index in [0.29, 0.717) is 56.1 Å². The molecular formula is C58H85N3O14. The Balaban J connectivity index is 1.20. The molecule has 9 saturated carbocycles. The van der Waals surface area contributed by atoms with E-state index in [4.69, 9.17) is 28.4 Å². The number of esters is 6. The van der Waals surface area contributed by atoms with Gasteiger partial charge < -0.3 is 38.8 Å². The second kappa shape index (κ2) is 18.6. The van der Waals surface area contributed by atoms with Crippen molar-refractivity contribution in [3.8, 4) is 0 Å². The van der Waals surface area contributed by atoms with Gasteiger partial charge in [0.25, 0.3) is 0 Å². The highest BCUT2D eigenvalue weighted by molar-refractivity contribution is 6.01. The van der Waals surface area contributed by atoms with Gasteiger partial charge in [-0.25, -0.2) is 4.79 Å². The number of amides is 1. The number of cyclic esters (lactones) is 1. The second-order valence-corrected chi connectivity index (χ2v) is 27.5. The lowest BCUT2D eigenvalue weighted by Gasteiger charge is -2.63. The first-order valence-corrected chi connectivity index (χ1v) is 28.1. The number of carbonyl (C=O) groups excluding carboxylic acids is 7. The highest BCUT2D eigenvalue weighted by atomic mass is 16.6. The maximum Gasteiger partial charge on any atom is 0.342 e. The Labute approximate surface area is 442 Å². The zero-order valence-corrected chi connectivity index (χ0v) is 46.8. The van der Waals surface area contributed by atoms with E-state index in [1.165, 1.54) is 48.5 Å². The van der Waals surface area contributed by atoms with Crippen molar-refractivity contribution in [2.75, 3.05) is 19.8 Å². The van der Waals surface area contributed by atoms with Crippen molar-refractivity contribution in [1.29, 1.82) is 0 Å². The van der Waals surface area contributed by atoms with Gasteiger partial charge in [0, 0.05) is 19.0 Å². The first-order chi connectivity index (χ1) is 34.8. The molecule has 75 heavy (non-hydrogen) atoms. The number of aromatic nitrogens is 2. The largest absolute Gasteiger partial charge is 0.465 e. The molecule has 0 aromatic carbocycles. The van der Waals surface area contributed by atoms with Gasteiger partial charge >= 0.3 is 41.8 Å². The summed E-state index contributed by atoms with van der Waals surface area (Å²) in [6, 6.07) is -0.600. The standard InChI is InChI=1S/C58H85N3O14/c1-34-32-61(60-35(34)2)48(68)59-18-20-71-45(65)56(12,55(11,49(3,4)43(63)72-51(7)15-13-14-16-51)47(67)74-53(9)40-23-36-21-37(25-40)26-41(53)24-36)54(10,46(66)73-52(8)17-19-70-42(62)31-52)50(5,6)44(64)75-58-29-38-22-39(30-58)28-57(69,27-38)33-58/h32,36-41,69H,13-31,33H2,1-12H3,(H,59,68). The van der Waals surface area contributed by atoms with Crippen LogP contribution in [0, 0.1) is 76.4 Å². The highest BCUT2D eigenvalue weighted by Gasteiger charge is 2.80. The number of nitrogens with zero attached hydrogens (tertiary/aromatic N) is 2. The van der Waals surface area contributed by atoms with Crippen molar-refractivity contribution < 1.29 is 67.1 Å². The number of aliphatic hydroxyl groups is 1. The fourth-order valence-electron chi connectivity index (χ4n) is 16.6. The summed E-state index contributed by atoms with van der Waals surface area (Å²) in [6.45, 7) is 18.4. The molecule has 8 bridgehead atoms. The second-order valence-electron chi connectivity index (χ2n) is 27.5. The Bertz CT molecular complexity index is 2440. The van der Waals surface area contributed by atoms with Crippen LogP contribution in [0.5, 0.6) is 0 Å². The minimum atomic E-state index is -2.64. The normalized spacial score (nSPS) is 35.8. The van der Waals surface area contributed by atoms with Crippen molar-refractivity contribution >= 4 is 41.8 Å². The van der Waals surface area contributed by atoms with Crippen molar-refractivity contribution in [1.82, 2.24) is 15.1 Å². The van der Waals surface area contributed by atoms with Crippen LogP contribution < -0.4 is 5.32 Å². The van der Waals surface area contributed by atoms with Gasteiger partial charge in [-0.05, 0) is 214 Å². The molecule has 6 atom stereocenters. The molecule has 2 heterocycles. The third kappa shape index (κ3) is 9.00. The number of aryl methyl sites for hydroxylation is 2. The maximum atomic E-state index is 16.6. The van der Waals surface area contributed by atoms with E-state index in [9.17, 15) is 14.7 Å². The number of hydrogen-bond donors (Lipinski definition) is 2. The molecule has 1 aliphatic heterocycles. The number of carbonyl (C=O) groups is 7. The molecule has 0 spiro atoms. The molecule has 1 saturated heterocycles. The van der Waals surface area contributed by atoms with Gasteiger partial charge in [0.05, 0.1) is 57.9 Å². The maximum absolute atomic E-state index is 16.6. The molecule has 10 fully saturated rings. The van der Waals surface area contributed by atoms with Gasteiger partial charge in [-0.1, -0.05) is 0 Å². The molecule has 1 aromatic heterocycles. The van der Waals surface area contributed by atoms with Crippen LogP contribution in [0.1, 0.15) is 190 Å². The van der Waals surface area contributed by atoms with E-state index in [1.54, 1.807) is 20.0 Å². The predicted molar refractivity (Wildman–Crippen MR) is 271 cm³/mol. The van der Waals surface area contributed by atoms with E-state index in [2.05, 4.69) is 10.4 Å². The Morgan fingerprint density at radius 2 is 1.20 bits per heavy atom. The molecule has 17 heteroatoms. The summed E-state index contributed by atoms with van der Waals surface area (Å²) in [6.07, 6.45) is 11.8. The van der Waals surface area contributed by atoms with Crippen LogP contribution in [0.2, 0.25) is 0 Å². The summed E-state index contributed by atoms with van der Waals surface area (Å²) in [4.78, 5) is 107. The van der Waals surface area contributed by atoms with Crippen molar-refractivity contribution in [3.05, 3.63) is 17.5 Å². The average Bonchev–Trinajstić information content (AvgIpc) is 3.89. The first-order valence-electron chi connectivity index (χ1n) is 28.1. The Hall–Kier alpha value is -4.54. The van der Waals surface area contributed by atoms with Gasteiger partial charge in [0.2, 0.25) is 0 Å². The van der Waals surface area contributed by atoms with Gasteiger partial charge in [-0.3, -0.25) is 28.8 Å². The minimum absolute atomic E-state index is 0.0116. The van der Waals surface area contributed by atoms with E-state index >= 15 is 24.0 Å². The van der Waals surface area contributed by atoms with Gasteiger partial charge in [-0.2, -0.15) is 9.78 Å². The predicted octanol–water partition coefficient (Wildman–Crippen LogP) is 8.57. The summed E-state index contributed by atoms with van der Waals surface area (Å²) >= 11 is 0. The monoisotopic (exact) mass is 1050 g/mol. The summed E-state index contributed by atoms with van der Waals surface area (Å²) in [5.41, 5.74) is -16.0. The number of hydrogen-bond acceptors (Lipinski definition) is 15. The van der Waals surface area contributed by atoms with Gasteiger partial charge in [-0.15, -0.1) is 0 Å². The number of rotatable bonds is 16. The van der Waals surface area contributed by atoms with E-state index in [-0.39, 0.29) is 56.1 Å². The van der Waals surface area contributed by atoms with Crippen LogP contribution in [0.4, 0.5) is 4.79 Å². The fraction of sp³-hybridized carbons (Fsp3) is 0.828. The lowest BCUT2D eigenvalue weighted by molar-refractivity contribution is -0.258. The van der Waals surface area contributed by atoms with Gasteiger partial charge in [0.15, 0.2) is 0 Å². The molecule has 11 rings (SSSR count).